The second-order valence-corrected chi connectivity index (χ2v) is 8.50. The summed E-state index contributed by atoms with van der Waals surface area (Å²) >= 11 is 4.00. The Labute approximate surface area is 114 Å². The number of thioether (sulfide) groups is 2. The summed E-state index contributed by atoms with van der Waals surface area (Å²) in [7, 11) is 0. The molecule has 1 N–H and O–H groups in total. The molecule has 17 heavy (non-hydrogen) atoms. The van der Waals surface area contributed by atoms with Gasteiger partial charge in [-0.2, -0.15) is 11.8 Å². The minimum absolute atomic E-state index is 0.408. The molecule has 2 rings (SSSR count). The molecule has 0 amide bonds. The molecule has 2 nitrogen and oxygen atoms in total. The molecule has 2 atom stereocenters. The highest BCUT2D eigenvalue weighted by atomic mass is 32.2. The molecule has 0 aromatic rings. The van der Waals surface area contributed by atoms with Gasteiger partial charge in [-0.1, -0.05) is 25.6 Å². The van der Waals surface area contributed by atoms with Gasteiger partial charge in [0.25, 0.3) is 0 Å². The van der Waals surface area contributed by atoms with Crippen molar-refractivity contribution in [1.82, 2.24) is 5.32 Å². The van der Waals surface area contributed by atoms with E-state index in [4.69, 9.17) is 4.99 Å². The van der Waals surface area contributed by atoms with Crippen LogP contribution in [0.5, 0.6) is 0 Å². The molecule has 2 heterocycles. The van der Waals surface area contributed by atoms with E-state index in [-0.39, 0.29) is 0 Å². The third-order valence-corrected chi connectivity index (χ3v) is 5.97. The van der Waals surface area contributed by atoms with Gasteiger partial charge in [-0.25, -0.2) is 0 Å². The monoisotopic (exact) mass is 272 g/mol. The number of hydrogen-bond donors (Lipinski definition) is 1. The van der Waals surface area contributed by atoms with Crippen molar-refractivity contribution in [3.63, 3.8) is 0 Å². The third-order valence-electron chi connectivity index (χ3n) is 3.36. The Morgan fingerprint density at radius 2 is 2.35 bits per heavy atom. The normalized spacial score (nSPS) is 35.8. The maximum Gasteiger partial charge on any atom is 0.156 e. The number of amidine groups is 1. The van der Waals surface area contributed by atoms with Crippen LogP contribution in [0, 0.1) is 5.92 Å². The van der Waals surface area contributed by atoms with Gasteiger partial charge in [-0.15, -0.1) is 0 Å². The lowest BCUT2D eigenvalue weighted by Crippen LogP contribution is -2.29. The summed E-state index contributed by atoms with van der Waals surface area (Å²) < 4.78 is 0.408. The van der Waals surface area contributed by atoms with Gasteiger partial charge in [0.05, 0.1) is 6.54 Å². The van der Waals surface area contributed by atoms with E-state index in [9.17, 15) is 0 Å². The molecule has 0 radical (unpaired) electrons. The van der Waals surface area contributed by atoms with E-state index in [1.165, 1.54) is 35.9 Å². The molecular formula is C13H24N2S2. The van der Waals surface area contributed by atoms with Crippen molar-refractivity contribution < 1.29 is 0 Å². The highest BCUT2D eigenvalue weighted by molar-refractivity contribution is 8.14. The topological polar surface area (TPSA) is 24.4 Å². The molecule has 0 saturated carbocycles. The lowest BCUT2D eigenvalue weighted by Gasteiger charge is -2.20. The van der Waals surface area contributed by atoms with E-state index < -0.39 is 0 Å². The molecule has 2 aliphatic heterocycles. The summed E-state index contributed by atoms with van der Waals surface area (Å²) in [6, 6.07) is 0.641. The first-order chi connectivity index (χ1) is 8.07. The highest BCUT2D eigenvalue weighted by Gasteiger charge is 2.30. The Morgan fingerprint density at radius 3 is 3.00 bits per heavy atom. The van der Waals surface area contributed by atoms with Gasteiger partial charge in [-0.05, 0) is 37.9 Å². The lowest BCUT2D eigenvalue weighted by molar-refractivity contribution is 0.502. The lowest BCUT2D eigenvalue weighted by atomic mass is 10.1. The first-order valence-corrected chi connectivity index (χ1v) is 8.62. The van der Waals surface area contributed by atoms with E-state index in [1.54, 1.807) is 0 Å². The molecule has 2 unspecified atom stereocenters. The van der Waals surface area contributed by atoms with Crippen molar-refractivity contribution >= 4 is 28.7 Å². The van der Waals surface area contributed by atoms with Crippen LogP contribution in [0.3, 0.4) is 0 Å². The summed E-state index contributed by atoms with van der Waals surface area (Å²) in [5.41, 5.74) is 0. The average molecular weight is 272 g/mol. The van der Waals surface area contributed by atoms with Gasteiger partial charge in [0.15, 0.2) is 5.17 Å². The molecule has 2 aliphatic rings. The molecule has 98 valence electrons. The number of hydrogen-bond acceptors (Lipinski definition) is 3. The zero-order valence-corrected chi connectivity index (χ0v) is 12.8. The minimum atomic E-state index is 0.408. The third kappa shape index (κ3) is 4.09. The van der Waals surface area contributed by atoms with Crippen molar-refractivity contribution in [2.75, 3.05) is 18.1 Å². The molecule has 2 saturated heterocycles. The van der Waals surface area contributed by atoms with Gasteiger partial charge in [0, 0.05) is 16.5 Å². The molecular weight excluding hydrogens is 248 g/mol. The van der Waals surface area contributed by atoms with Gasteiger partial charge in [-0.3, -0.25) is 4.99 Å². The Hall–Kier alpha value is 0.170. The highest BCUT2D eigenvalue weighted by Crippen LogP contribution is 2.38. The fourth-order valence-corrected chi connectivity index (χ4v) is 4.64. The van der Waals surface area contributed by atoms with Crippen molar-refractivity contribution in [1.29, 1.82) is 0 Å². The van der Waals surface area contributed by atoms with Crippen LogP contribution in [0.25, 0.3) is 0 Å². The van der Waals surface area contributed by atoms with E-state index in [0.29, 0.717) is 10.8 Å². The van der Waals surface area contributed by atoms with Crippen LogP contribution in [0.1, 0.15) is 40.0 Å². The predicted octanol–water partition coefficient (Wildman–Crippen LogP) is 3.38. The van der Waals surface area contributed by atoms with Crippen molar-refractivity contribution in [3.05, 3.63) is 0 Å². The number of rotatable bonds is 4. The van der Waals surface area contributed by atoms with Crippen molar-refractivity contribution in [3.8, 4) is 0 Å². The van der Waals surface area contributed by atoms with Crippen LogP contribution in [-0.4, -0.2) is 34.0 Å². The van der Waals surface area contributed by atoms with Crippen LogP contribution in [0.15, 0.2) is 4.99 Å². The van der Waals surface area contributed by atoms with Crippen LogP contribution >= 0.6 is 23.5 Å². The Kier molecular flexibility index (Phi) is 4.70. The van der Waals surface area contributed by atoms with Gasteiger partial charge in [0.2, 0.25) is 0 Å². The molecule has 2 fully saturated rings. The van der Waals surface area contributed by atoms with Crippen LogP contribution < -0.4 is 5.32 Å². The minimum Gasteiger partial charge on any atom is -0.361 e. The number of aliphatic imine (C=N–C) groups is 1. The maximum absolute atomic E-state index is 4.78. The van der Waals surface area contributed by atoms with E-state index in [1.807, 2.05) is 11.8 Å². The summed E-state index contributed by atoms with van der Waals surface area (Å²) in [4.78, 5) is 4.78. The quantitative estimate of drug-likeness (QED) is 0.849. The Morgan fingerprint density at radius 1 is 1.53 bits per heavy atom. The first kappa shape index (κ1) is 13.6. The number of nitrogens with one attached hydrogen (secondary N) is 1. The fourth-order valence-electron chi connectivity index (χ4n) is 2.43. The van der Waals surface area contributed by atoms with Crippen molar-refractivity contribution in [2.45, 2.75) is 50.8 Å². The summed E-state index contributed by atoms with van der Waals surface area (Å²) in [5, 5.41) is 4.75. The largest absolute Gasteiger partial charge is 0.361 e. The average Bonchev–Trinajstić information content (AvgIpc) is 2.85. The summed E-state index contributed by atoms with van der Waals surface area (Å²) in [6.07, 6.45) is 3.95. The molecule has 0 aromatic carbocycles. The van der Waals surface area contributed by atoms with E-state index in [2.05, 4.69) is 37.8 Å². The summed E-state index contributed by atoms with van der Waals surface area (Å²) in [5.74, 6) is 3.29. The van der Waals surface area contributed by atoms with Crippen molar-refractivity contribution in [2.24, 2.45) is 10.9 Å². The number of nitrogens with zero attached hydrogens (tertiary/aromatic N) is 1. The van der Waals surface area contributed by atoms with Crippen LogP contribution in [-0.2, 0) is 0 Å². The fraction of sp³-hybridized carbons (Fsp3) is 0.923. The Balaban J connectivity index is 1.79. The zero-order valence-electron chi connectivity index (χ0n) is 11.2. The van der Waals surface area contributed by atoms with Gasteiger partial charge < -0.3 is 5.32 Å². The van der Waals surface area contributed by atoms with Crippen LogP contribution in [0.2, 0.25) is 0 Å². The Bertz CT molecular complexity index is 283. The molecule has 0 aromatic heterocycles. The van der Waals surface area contributed by atoms with E-state index in [0.717, 1.165) is 12.5 Å². The molecule has 0 spiro atoms. The van der Waals surface area contributed by atoms with Gasteiger partial charge >= 0.3 is 0 Å². The molecule has 4 heteroatoms. The van der Waals surface area contributed by atoms with Crippen LogP contribution in [0.4, 0.5) is 0 Å². The standard InChI is InChI=1S/C13H24N2S2/c1-10(2)7-11-8-16-12(15-11)14-9-13(3)5-4-6-17-13/h10-11H,4-9H2,1-3H3,(H,14,15). The van der Waals surface area contributed by atoms with Gasteiger partial charge in [0.1, 0.15) is 0 Å². The second kappa shape index (κ2) is 5.87. The predicted molar refractivity (Wildman–Crippen MR) is 81.2 cm³/mol. The molecule has 0 aliphatic carbocycles. The second-order valence-electron chi connectivity index (χ2n) is 5.81. The summed E-state index contributed by atoms with van der Waals surface area (Å²) in [6.45, 7) is 7.93. The smallest absolute Gasteiger partial charge is 0.156 e. The molecule has 0 bridgehead atoms. The first-order valence-electron chi connectivity index (χ1n) is 6.65. The SMILES string of the molecule is CC(C)CC1CSC(=NCC2(C)CCCS2)N1. The van der Waals surface area contributed by atoms with E-state index >= 15 is 0 Å². The zero-order chi connectivity index (χ0) is 12.3. The maximum atomic E-state index is 4.78.